The second-order valence-corrected chi connectivity index (χ2v) is 6.86. The number of allylic oxidation sites excluding steroid dienone is 3. The van der Waals surface area contributed by atoms with Crippen LogP contribution in [0.15, 0.2) is 48.1 Å². The number of nitrogens with zero attached hydrogens (tertiary/aromatic N) is 1. The summed E-state index contributed by atoms with van der Waals surface area (Å²) < 4.78 is 5.83. The van der Waals surface area contributed by atoms with Gasteiger partial charge >= 0.3 is 0 Å². The maximum absolute atomic E-state index is 10.1. The molecule has 0 spiro atoms. The summed E-state index contributed by atoms with van der Waals surface area (Å²) in [6.07, 6.45) is 8.37. The third-order valence-electron chi connectivity index (χ3n) is 4.88. The van der Waals surface area contributed by atoms with E-state index in [1.54, 1.807) is 25.2 Å². The highest BCUT2D eigenvalue weighted by molar-refractivity contribution is 5.49. The number of hydrogen-bond donors (Lipinski definition) is 4. The van der Waals surface area contributed by atoms with E-state index in [0.717, 1.165) is 25.7 Å². The van der Waals surface area contributed by atoms with Gasteiger partial charge in [-0.25, -0.2) is 0 Å². The summed E-state index contributed by atoms with van der Waals surface area (Å²) in [5, 5.41) is 42.2. The van der Waals surface area contributed by atoms with E-state index in [0.29, 0.717) is 29.0 Å². The van der Waals surface area contributed by atoms with Crippen LogP contribution in [-0.4, -0.2) is 34.1 Å². The molecule has 4 N–H and O–H groups in total. The monoisotopic (exact) mass is 384 g/mol. The van der Waals surface area contributed by atoms with Crippen LogP contribution in [0.25, 0.3) is 0 Å². The van der Waals surface area contributed by atoms with Crippen LogP contribution >= 0.6 is 0 Å². The molecule has 28 heavy (non-hydrogen) atoms. The summed E-state index contributed by atoms with van der Waals surface area (Å²) in [7, 11) is 0. The van der Waals surface area contributed by atoms with Crippen molar-refractivity contribution in [2.24, 2.45) is 0 Å². The number of nitrogens with one attached hydrogen (secondary N) is 1. The Morgan fingerprint density at radius 2 is 2.04 bits per heavy atom. The number of hydrogen-bond acceptors (Lipinski definition) is 6. The molecule has 1 aromatic carbocycles. The summed E-state index contributed by atoms with van der Waals surface area (Å²) in [6, 6.07) is 4.89. The molecule has 0 heterocycles. The molecule has 1 saturated carbocycles. The summed E-state index contributed by atoms with van der Waals surface area (Å²) in [6.45, 7) is 6.06. The summed E-state index contributed by atoms with van der Waals surface area (Å²) in [5.41, 5.74) is 1.88. The molecular weight excluding hydrogens is 356 g/mol. The first-order valence-corrected chi connectivity index (χ1v) is 9.47. The second-order valence-electron chi connectivity index (χ2n) is 6.86. The standard InChI is InChI=1S/C22H28N2O4/c1-3-15(12-23)9-16(4-2)14-28-22-11-21(27)20(26)10-17(22)13-24-18-7-5-6-8-19(18)25/h3-4,9-11,18-19,24-27H,2,5-8,13-14H2,1H3/b15-3+,16-9+/t18?,19-/m1/s1. The molecule has 1 unspecified atom stereocenters. The molecule has 0 aromatic heterocycles. The molecule has 6 nitrogen and oxygen atoms in total. The van der Waals surface area contributed by atoms with Gasteiger partial charge in [0.05, 0.1) is 12.2 Å². The van der Waals surface area contributed by atoms with E-state index in [1.807, 2.05) is 0 Å². The molecule has 2 atom stereocenters. The van der Waals surface area contributed by atoms with Gasteiger partial charge in [0.25, 0.3) is 0 Å². The van der Waals surface area contributed by atoms with Gasteiger partial charge in [0.2, 0.25) is 0 Å². The number of aromatic hydroxyl groups is 2. The molecule has 1 aliphatic rings. The third-order valence-corrected chi connectivity index (χ3v) is 4.88. The Bertz CT molecular complexity index is 792. The van der Waals surface area contributed by atoms with Gasteiger partial charge in [-0.05, 0) is 37.5 Å². The Morgan fingerprint density at radius 3 is 2.68 bits per heavy atom. The van der Waals surface area contributed by atoms with Crippen molar-refractivity contribution in [1.29, 1.82) is 5.26 Å². The average molecular weight is 384 g/mol. The Morgan fingerprint density at radius 1 is 1.32 bits per heavy atom. The van der Waals surface area contributed by atoms with Gasteiger partial charge in [-0.1, -0.05) is 31.6 Å². The van der Waals surface area contributed by atoms with Crippen LogP contribution in [0.1, 0.15) is 38.2 Å². The van der Waals surface area contributed by atoms with Gasteiger partial charge in [0.1, 0.15) is 12.4 Å². The van der Waals surface area contributed by atoms with E-state index < -0.39 is 0 Å². The maximum Gasteiger partial charge on any atom is 0.161 e. The van der Waals surface area contributed by atoms with Crippen molar-refractivity contribution in [3.63, 3.8) is 0 Å². The van der Waals surface area contributed by atoms with E-state index in [2.05, 4.69) is 18.0 Å². The van der Waals surface area contributed by atoms with Crippen molar-refractivity contribution in [2.75, 3.05) is 6.61 Å². The number of nitriles is 1. The smallest absolute Gasteiger partial charge is 0.161 e. The number of phenolic OH excluding ortho intramolecular Hbond substituents is 2. The molecule has 1 aromatic rings. The van der Waals surface area contributed by atoms with E-state index in [1.165, 1.54) is 12.1 Å². The van der Waals surface area contributed by atoms with Crippen LogP contribution in [0, 0.1) is 11.3 Å². The number of rotatable bonds is 8. The second kappa shape index (κ2) is 10.5. The lowest BCUT2D eigenvalue weighted by molar-refractivity contribution is 0.0901. The quantitative estimate of drug-likeness (QED) is 0.311. The van der Waals surface area contributed by atoms with Crippen molar-refractivity contribution in [1.82, 2.24) is 5.32 Å². The molecule has 1 aliphatic carbocycles. The van der Waals surface area contributed by atoms with E-state index >= 15 is 0 Å². The predicted octanol–water partition coefficient (Wildman–Crippen LogP) is 3.45. The van der Waals surface area contributed by atoms with Gasteiger partial charge in [-0.3, -0.25) is 0 Å². The minimum Gasteiger partial charge on any atom is -0.504 e. The molecule has 0 bridgehead atoms. The number of aliphatic hydroxyl groups excluding tert-OH is 1. The van der Waals surface area contributed by atoms with Gasteiger partial charge in [0, 0.05) is 29.8 Å². The van der Waals surface area contributed by atoms with Crippen LogP contribution in [0.2, 0.25) is 0 Å². The fourth-order valence-corrected chi connectivity index (χ4v) is 3.16. The van der Waals surface area contributed by atoms with Crippen LogP contribution in [0.4, 0.5) is 0 Å². The van der Waals surface area contributed by atoms with Gasteiger partial charge in [-0.15, -0.1) is 0 Å². The van der Waals surface area contributed by atoms with Crippen molar-refractivity contribution in [3.8, 4) is 23.3 Å². The molecule has 1 fully saturated rings. The van der Waals surface area contributed by atoms with Gasteiger partial charge < -0.3 is 25.4 Å². The number of aliphatic hydroxyl groups is 1. The molecule has 6 heteroatoms. The SMILES string of the molecule is C=C/C(=C\C(C#N)=C/C)COc1cc(O)c(O)cc1CNC1CCCC[C@H]1O. The summed E-state index contributed by atoms with van der Waals surface area (Å²) >= 11 is 0. The fourth-order valence-electron chi connectivity index (χ4n) is 3.16. The van der Waals surface area contributed by atoms with Crippen LogP contribution in [0.5, 0.6) is 17.2 Å². The lowest BCUT2D eigenvalue weighted by Gasteiger charge is -2.28. The number of ether oxygens (including phenoxy) is 1. The van der Waals surface area contributed by atoms with E-state index in [4.69, 9.17) is 10.00 Å². The zero-order valence-electron chi connectivity index (χ0n) is 16.2. The first-order chi connectivity index (χ1) is 13.5. The van der Waals surface area contributed by atoms with E-state index in [9.17, 15) is 15.3 Å². The number of benzene rings is 1. The minimum atomic E-state index is -0.385. The van der Waals surface area contributed by atoms with Crippen LogP contribution < -0.4 is 10.1 Å². The Kier molecular flexibility index (Phi) is 8.12. The zero-order chi connectivity index (χ0) is 20.5. The molecule has 150 valence electrons. The van der Waals surface area contributed by atoms with Crippen molar-refractivity contribution in [2.45, 2.75) is 51.3 Å². The topological polar surface area (TPSA) is 106 Å². The third kappa shape index (κ3) is 5.88. The van der Waals surface area contributed by atoms with Crippen molar-refractivity contribution in [3.05, 3.63) is 53.6 Å². The minimum absolute atomic E-state index is 0.00550. The van der Waals surface area contributed by atoms with Crippen molar-refractivity contribution >= 4 is 0 Å². The lowest BCUT2D eigenvalue weighted by Crippen LogP contribution is -2.41. The van der Waals surface area contributed by atoms with Gasteiger partial charge in [0.15, 0.2) is 11.5 Å². The molecule has 0 saturated heterocycles. The highest BCUT2D eigenvalue weighted by Crippen LogP contribution is 2.33. The highest BCUT2D eigenvalue weighted by Gasteiger charge is 2.23. The first kappa shape index (κ1) is 21.5. The molecule has 0 aliphatic heterocycles. The molecular formula is C22H28N2O4. The highest BCUT2D eigenvalue weighted by atomic mass is 16.5. The maximum atomic E-state index is 10.1. The zero-order valence-corrected chi connectivity index (χ0v) is 16.2. The molecule has 2 rings (SSSR count). The summed E-state index contributed by atoms with van der Waals surface area (Å²) in [4.78, 5) is 0. The Labute approximate surface area is 166 Å². The molecule has 0 radical (unpaired) electrons. The largest absolute Gasteiger partial charge is 0.504 e. The molecule has 0 amide bonds. The lowest BCUT2D eigenvalue weighted by atomic mass is 9.92. The summed E-state index contributed by atoms with van der Waals surface area (Å²) in [5.74, 6) is -0.0832. The average Bonchev–Trinajstić information content (AvgIpc) is 2.70. The Balaban J connectivity index is 2.13. The van der Waals surface area contributed by atoms with Gasteiger partial charge in [-0.2, -0.15) is 5.26 Å². The Hall–Kier alpha value is -2.75. The normalized spacial score (nSPS) is 20.5. The van der Waals surface area contributed by atoms with Crippen LogP contribution in [-0.2, 0) is 6.54 Å². The van der Waals surface area contributed by atoms with Crippen LogP contribution in [0.3, 0.4) is 0 Å². The fraction of sp³-hybridized carbons (Fsp3) is 0.409. The number of phenols is 2. The van der Waals surface area contributed by atoms with Crippen molar-refractivity contribution < 1.29 is 20.1 Å². The predicted molar refractivity (Wildman–Crippen MR) is 108 cm³/mol. The van der Waals surface area contributed by atoms with E-state index in [-0.39, 0.29) is 30.3 Å². The first-order valence-electron chi connectivity index (χ1n) is 9.47.